The van der Waals surface area contributed by atoms with Crippen LogP contribution in [0.15, 0.2) is 72.8 Å². The third-order valence-corrected chi connectivity index (χ3v) is 9.36. The van der Waals surface area contributed by atoms with E-state index in [1.165, 1.54) is 44.9 Å². The highest BCUT2D eigenvalue weighted by atomic mass is 32.1. The molecule has 2 aromatic rings. The number of carbonyl (C=O) groups is 1. The van der Waals surface area contributed by atoms with Crippen LogP contribution in [0, 0.1) is 5.92 Å². The molecule has 0 aliphatic carbocycles. The van der Waals surface area contributed by atoms with Gasteiger partial charge in [0.05, 0.1) is 19.3 Å². The van der Waals surface area contributed by atoms with E-state index in [9.17, 15) is 4.79 Å². The van der Waals surface area contributed by atoms with E-state index in [-0.39, 0.29) is 28.8 Å². The van der Waals surface area contributed by atoms with Crippen molar-refractivity contribution in [2.24, 2.45) is 5.92 Å². The molecule has 2 aromatic carbocycles. The van der Waals surface area contributed by atoms with E-state index in [0.29, 0.717) is 0 Å². The van der Waals surface area contributed by atoms with E-state index in [1.54, 1.807) is 11.0 Å². The molecule has 0 spiro atoms. The van der Waals surface area contributed by atoms with Crippen molar-refractivity contribution in [2.75, 3.05) is 13.2 Å². The Morgan fingerprint density at radius 2 is 1.36 bits per heavy atom. The molecule has 0 N–H and O–H groups in total. The molecular formula is C38H53NO4S. The second kappa shape index (κ2) is 17.2. The number of unbranched alkanes of at least 4 members (excludes halogenated alkanes) is 9. The Bertz CT molecular complexity index is 1140. The Morgan fingerprint density at radius 1 is 0.841 bits per heavy atom. The molecule has 6 heteroatoms. The summed E-state index contributed by atoms with van der Waals surface area (Å²) in [4.78, 5) is 15.3. The average Bonchev–Trinajstić information content (AvgIpc) is 3.64. The lowest BCUT2D eigenvalue weighted by molar-refractivity contribution is -0.168. The summed E-state index contributed by atoms with van der Waals surface area (Å²) >= 11 is 5.74. The molecule has 2 aliphatic heterocycles. The smallest absolute Gasteiger partial charge is 0.268 e. The first-order chi connectivity index (χ1) is 21.4. The first-order valence-electron chi connectivity index (χ1n) is 17.1. The van der Waals surface area contributed by atoms with Crippen molar-refractivity contribution in [3.63, 3.8) is 0 Å². The summed E-state index contributed by atoms with van der Waals surface area (Å²) in [6.45, 7) is 7.97. The summed E-state index contributed by atoms with van der Waals surface area (Å²) in [5.41, 5.74) is 1.13. The number of thiocarbonyl (C=S) groups is 1. The maximum atomic E-state index is 13.6. The van der Waals surface area contributed by atoms with Gasteiger partial charge in [0.25, 0.3) is 11.1 Å². The van der Waals surface area contributed by atoms with Crippen LogP contribution < -0.4 is 0 Å². The number of rotatable bonds is 18. The van der Waals surface area contributed by atoms with Crippen molar-refractivity contribution >= 4 is 23.3 Å². The third kappa shape index (κ3) is 8.58. The summed E-state index contributed by atoms with van der Waals surface area (Å²) in [6.07, 6.45) is 18.7. The van der Waals surface area contributed by atoms with Crippen LogP contribution >= 0.6 is 12.2 Å². The number of hydrogen-bond acceptors (Lipinski definition) is 5. The van der Waals surface area contributed by atoms with Gasteiger partial charge in [0.1, 0.15) is 0 Å². The second-order valence-electron chi connectivity index (χ2n) is 12.7. The molecule has 2 aliphatic rings. The van der Waals surface area contributed by atoms with E-state index in [4.69, 9.17) is 26.4 Å². The van der Waals surface area contributed by atoms with Gasteiger partial charge in [-0.3, -0.25) is 9.69 Å². The van der Waals surface area contributed by atoms with Crippen LogP contribution in [-0.2, 0) is 24.6 Å². The molecule has 5 nitrogen and oxygen atoms in total. The van der Waals surface area contributed by atoms with Gasteiger partial charge in [0.15, 0.2) is 11.4 Å². The van der Waals surface area contributed by atoms with Crippen molar-refractivity contribution in [3.05, 3.63) is 83.9 Å². The number of amides is 1. The van der Waals surface area contributed by atoms with Gasteiger partial charge < -0.3 is 14.2 Å². The molecule has 0 aromatic heterocycles. The highest BCUT2D eigenvalue weighted by Gasteiger charge is 2.57. The maximum absolute atomic E-state index is 13.6. The Kier molecular flexibility index (Phi) is 13.4. The molecule has 1 atom stereocenters. The van der Waals surface area contributed by atoms with E-state index < -0.39 is 5.60 Å². The highest BCUT2D eigenvalue weighted by Crippen LogP contribution is 2.47. The van der Waals surface area contributed by atoms with Gasteiger partial charge in [0.2, 0.25) is 0 Å². The summed E-state index contributed by atoms with van der Waals surface area (Å²) in [5.74, 6) is -0.339. The van der Waals surface area contributed by atoms with Crippen LogP contribution in [0.4, 0.5) is 0 Å². The molecule has 1 amide bonds. The zero-order valence-corrected chi connectivity index (χ0v) is 28.0. The molecule has 2 heterocycles. The van der Waals surface area contributed by atoms with Gasteiger partial charge >= 0.3 is 0 Å². The van der Waals surface area contributed by atoms with Crippen molar-refractivity contribution in [3.8, 4) is 0 Å². The zero-order valence-electron chi connectivity index (χ0n) is 27.2. The second-order valence-corrected chi connectivity index (χ2v) is 13.1. The lowest BCUT2D eigenvalue weighted by Crippen LogP contribution is -2.49. The summed E-state index contributed by atoms with van der Waals surface area (Å²) in [6, 6.07) is 20.0. The third-order valence-electron chi connectivity index (χ3n) is 9.08. The van der Waals surface area contributed by atoms with Crippen LogP contribution in [0.1, 0.15) is 115 Å². The fraction of sp³-hybridized carbons (Fsp3) is 0.579. The molecule has 0 unspecified atom stereocenters. The van der Waals surface area contributed by atoms with Gasteiger partial charge in [0, 0.05) is 24.0 Å². The molecule has 0 saturated carbocycles. The summed E-state index contributed by atoms with van der Waals surface area (Å²) in [7, 11) is 0. The monoisotopic (exact) mass is 619 g/mol. The Morgan fingerprint density at radius 3 is 1.91 bits per heavy atom. The summed E-state index contributed by atoms with van der Waals surface area (Å²) in [5, 5.41) is 0.236. The molecule has 0 radical (unpaired) electrons. The predicted molar refractivity (Wildman–Crippen MR) is 182 cm³/mol. The normalized spacial score (nSPS) is 19.2. The predicted octanol–water partition coefficient (Wildman–Crippen LogP) is 9.49. The van der Waals surface area contributed by atoms with Crippen LogP contribution in [0.3, 0.4) is 0 Å². The van der Waals surface area contributed by atoms with Crippen LogP contribution in [0.25, 0.3) is 0 Å². The molecular weight excluding hydrogens is 566 g/mol. The minimum atomic E-state index is -0.862. The van der Waals surface area contributed by atoms with Crippen molar-refractivity contribution in [2.45, 2.75) is 122 Å². The lowest BCUT2D eigenvalue weighted by Gasteiger charge is -2.37. The minimum Gasteiger partial charge on any atom is -0.452 e. The number of benzene rings is 2. The Balaban J connectivity index is 1.26. The van der Waals surface area contributed by atoms with E-state index in [2.05, 4.69) is 45.0 Å². The number of ether oxygens (including phenoxy) is 3. The molecule has 0 bridgehead atoms. The lowest BCUT2D eigenvalue weighted by atomic mass is 9.75. The average molecular weight is 620 g/mol. The molecule has 2 saturated heterocycles. The van der Waals surface area contributed by atoms with Crippen LogP contribution in [0.5, 0.6) is 0 Å². The number of allylic oxidation sites excluding steroid dienone is 1. The number of carbonyl (C=O) groups excluding carboxylic acids is 1. The van der Waals surface area contributed by atoms with Gasteiger partial charge in [-0.2, -0.15) is 0 Å². The van der Waals surface area contributed by atoms with Gasteiger partial charge in [-0.1, -0.05) is 132 Å². The van der Waals surface area contributed by atoms with Gasteiger partial charge in [-0.15, -0.1) is 0 Å². The minimum absolute atomic E-state index is 0.105. The SMILES string of the molecule is CCCCCCCC1(CCCCCCC/C=C\C(=O)N2C(=S)OC(c3ccccc3)(c3ccccc3)[C@@H]2C(C)C)OCCO1. The molecule has 4 rings (SSSR count). The van der Waals surface area contributed by atoms with Crippen LogP contribution in [-0.4, -0.2) is 41.0 Å². The molecule has 2 fully saturated rings. The molecule has 240 valence electrons. The summed E-state index contributed by atoms with van der Waals surface area (Å²) < 4.78 is 18.7. The first kappa shape index (κ1) is 34.3. The first-order valence-corrected chi connectivity index (χ1v) is 17.5. The standard InChI is InChI=1S/C38H53NO4S/c1-4-5-6-11-20-27-37(41-29-30-42-37)28-21-12-9-7-8-10-19-26-34(40)39-35(31(2)3)38(43-36(39)44,32-22-15-13-16-23-32)33-24-17-14-18-25-33/h13-19,22-26,31,35H,4-12,20-21,27-30H2,1-3H3/b26-19-/t35-/m0/s1. The Hall–Kier alpha value is -2.54. The fourth-order valence-electron chi connectivity index (χ4n) is 6.89. The fourth-order valence-corrected chi connectivity index (χ4v) is 7.23. The topological polar surface area (TPSA) is 48.0 Å². The quantitative estimate of drug-likeness (QED) is 0.0945. The zero-order chi connectivity index (χ0) is 31.3. The molecule has 44 heavy (non-hydrogen) atoms. The Labute approximate surface area is 271 Å². The largest absolute Gasteiger partial charge is 0.452 e. The van der Waals surface area contributed by atoms with Crippen molar-refractivity contribution < 1.29 is 19.0 Å². The number of hydrogen-bond donors (Lipinski definition) is 0. The van der Waals surface area contributed by atoms with Crippen molar-refractivity contribution in [1.82, 2.24) is 4.90 Å². The van der Waals surface area contributed by atoms with Crippen LogP contribution in [0.2, 0.25) is 0 Å². The number of nitrogens with zero attached hydrogens (tertiary/aromatic N) is 1. The van der Waals surface area contributed by atoms with Gasteiger partial charge in [-0.05, 0) is 49.9 Å². The highest BCUT2D eigenvalue weighted by molar-refractivity contribution is 7.80. The van der Waals surface area contributed by atoms with E-state index >= 15 is 0 Å². The maximum Gasteiger partial charge on any atom is 0.268 e. The van der Waals surface area contributed by atoms with Crippen molar-refractivity contribution in [1.29, 1.82) is 0 Å². The van der Waals surface area contributed by atoms with E-state index in [0.717, 1.165) is 62.9 Å². The van der Waals surface area contributed by atoms with E-state index in [1.807, 2.05) is 42.5 Å². The van der Waals surface area contributed by atoms with Gasteiger partial charge in [-0.25, -0.2) is 0 Å².